The van der Waals surface area contributed by atoms with Gasteiger partial charge in [0.25, 0.3) is 0 Å². The van der Waals surface area contributed by atoms with E-state index in [0.717, 1.165) is 62.1 Å². The average Bonchev–Trinajstić information content (AvgIpc) is 2.76. The number of hydroxylamine groups is 4. The third kappa shape index (κ3) is 4.89. The third-order valence-corrected chi connectivity index (χ3v) is 6.96. The lowest BCUT2D eigenvalue weighted by Gasteiger charge is -2.34. The van der Waals surface area contributed by atoms with Crippen LogP contribution in [0.4, 0.5) is 0 Å². The van der Waals surface area contributed by atoms with E-state index in [1.54, 1.807) is 12.1 Å². The number of hydrogen-bond acceptors (Lipinski definition) is 4. The molecule has 164 valence electrons. The van der Waals surface area contributed by atoms with Crippen molar-refractivity contribution in [2.45, 2.75) is 77.3 Å². The first-order valence-corrected chi connectivity index (χ1v) is 11.5. The van der Waals surface area contributed by atoms with Crippen molar-refractivity contribution in [3.63, 3.8) is 0 Å². The summed E-state index contributed by atoms with van der Waals surface area (Å²) in [5.74, 6) is 2.47. The normalized spacial score (nSPS) is 29.3. The Balaban J connectivity index is 1.48. The number of quaternary nitrogens is 2. The molecule has 2 unspecified atom stereocenters. The van der Waals surface area contributed by atoms with E-state index < -0.39 is 0 Å². The molecule has 0 aliphatic heterocycles. The van der Waals surface area contributed by atoms with Gasteiger partial charge in [0.05, 0.1) is 0 Å². The Bertz CT molecular complexity index is 761. The molecular weight excluding hydrogens is 380 g/mol. The molecule has 2 aliphatic carbocycles. The van der Waals surface area contributed by atoms with Gasteiger partial charge in [0.1, 0.15) is 12.1 Å². The van der Waals surface area contributed by atoms with E-state index in [0.29, 0.717) is 23.3 Å². The molecule has 6 heteroatoms. The van der Waals surface area contributed by atoms with Crippen LogP contribution in [0.3, 0.4) is 0 Å². The van der Waals surface area contributed by atoms with Crippen LogP contribution in [0.15, 0.2) is 36.4 Å². The number of fused-ring (bicyclic) bond motifs is 1. The Morgan fingerprint density at radius 2 is 1.00 bits per heavy atom. The lowest BCUT2D eigenvalue weighted by molar-refractivity contribution is -1.04. The van der Waals surface area contributed by atoms with Gasteiger partial charge >= 0.3 is 0 Å². The highest BCUT2D eigenvalue weighted by Crippen LogP contribution is 2.32. The minimum atomic E-state index is -0.145. The highest BCUT2D eigenvalue weighted by atomic mass is 16.9. The first-order valence-electron chi connectivity index (χ1n) is 11.5. The van der Waals surface area contributed by atoms with Crippen molar-refractivity contribution in [2.75, 3.05) is 0 Å². The van der Waals surface area contributed by atoms with E-state index in [4.69, 9.17) is 9.68 Å². The summed E-state index contributed by atoms with van der Waals surface area (Å²) in [7, 11) is 0. The Hall–Kier alpha value is -1.86. The summed E-state index contributed by atoms with van der Waals surface area (Å²) in [6, 6.07) is 11.1. The van der Waals surface area contributed by atoms with Crippen molar-refractivity contribution >= 4 is 10.8 Å². The first kappa shape index (κ1) is 21.4. The second-order valence-corrected chi connectivity index (χ2v) is 9.36. The van der Waals surface area contributed by atoms with Crippen LogP contribution in [0.25, 0.3) is 10.8 Å². The summed E-state index contributed by atoms with van der Waals surface area (Å²) in [6.07, 6.45) is 7.90. The van der Waals surface area contributed by atoms with E-state index in [9.17, 15) is 10.4 Å². The number of nitrogens with one attached hydrogen (secondary N) is 2. The zero-order chi connectivity index (χ0) is 21.1. The van der Waals surface area contributed by atoms with Gasteiger partial charge < -0.3 is 20.1 Å². The molecule has 0 bridgehead atoms. The maximum absolute atomic E-state index is 12.7. The molecule has 2 aliphatic rings. The minimum Gasteiger partial charge on any atom is -0.591 e. The summed E-state index contributed by atoms with van der Waals surface area (Å²) in [5, 5.41) is 26.7. The standard InChI is InChI=1S/C24H34N2O4/c1-17-7-11-19(12-8-17)25(27)29-23-15-16-24(22-6-4-3-5-21(22)23)30-26(28)20-13-9-18(2)10-14-20/h3-6,15-20,25-26H,7-14H2,1-2H3. The zero-order valence-electron chi connectivity index (χ0n) is 18.1. The average molecular weight is 415 g/mol. The number of rotatable bonds is 6. The molecule has 6 nitrogen and oxygen atoms in total. The van der Waals surface area contributed by atoms with Gasteiger partial charge in [-0.05, 0) is 49.7 Å². The van der Waals surface area contributed by atoms with Gasteiger partial charge in [0, 0.05) is 36.5 Å². The van der Waals surface area contributed by atoms with E-state index >= 15 is 0 Å². The Morgan fingerprint density at radius 3 is 1.37 bits per heavy atom. The fraction of sp³-hybridized carbons (Fsp3) is 0.583. The SMILES string of the molecule is CC1CCC([NH+]([O-])Oc2ccc(O[NH+]([O-])C3CCC(C)CC3)c3ccccc23)CC1. The van der Waals surface area contributed by atoms with Gasteiger partial charge in [-0.3, -0.25) is 0 Å². The topological polar surface area (TPSA) is 73.5 Å². The largest absolute Gasteiger partial charge is 0.591 e. The van der Waals surface area contributed by atoms with Crippen molar-refractivity contribution in [3.8, 4) is 11.5 Å². The van der Waals surface area contributed by atoms with E-state index in [1.165, 1.54) is 0 Å². The fourth-order valence-corrected chi connectivity index (χ4v) is 4.80. The monoisotopic (exact) mass is 414 g/mol. The molecule has 0 aromatic heterocycles. The number of hydrogen-bond donors (Lipinski definition) is 2. The van der Waals surface area contributed by atoms with Gasteiger partial charge in [-0.1, -0.05) is 38.1 Å². The number of benzene rings is 2. The van der Waals surface area contributed by atoms with Crippen molar-refractivity contribution in [3.05, 3.63) is 46.8 Å². The molecule has 2 atom stereocenters. The van der Waals surface area contributed by atoms with Crippen LogP contribution >= 0.6 is 0 Å². The van der Waals surface area contributed by atoms with E-state index in [1.807, 2.05) is 24.3 Å². The Morgan fingerprint density at radius 1 is 0.633 bits per heavy atom. The molecule has 2 aromatic rings. The summed E-state index contributed by atoms with van der Waals surface area (Å²) in [5.41, 5.74) is 0. The molecule has 30 heavy (non-hydrogen) atoms. The highest BCUT2D eigenvalue weighted by Gasteiger charge is 2.27. The molecule has 0 heterocycles. The smallest absolute Gasteiger partial charge is 0.198 e. The van der Waals surface area contributed by atoms with Gasteiger partial charge in [-0.15, -0.1) is 0 Å². The summed E-state index contributed by atoms with van der Waals surface area (Å²) < 4.78 is 0. The van der Waals surface area contributed by atoms with Crippen LogP contribution < -0.4 is 20.1 Å². The molecule has 2 aromatic carbocycles. The van der Waals surface area contributed by atoms with Gasteiger partial charge in [-0.2, -0.15) is 10.5 Å². The highest BCUT2D eigenvalue weighted by molar-refractivity contribution is 5.93. The molecule has 0 saturated heterocycles. The second kappa shape index (κ2) is 9.52. The molecular formula is C24H34N2O4. The van der Waals surface area contributed by atoms with Crippen LogP contribution in [0.5, 0.6) is 11.5 Å². The second-order valence-electron chi connectivity index (χ2n) is 9.36. The Labute approximate surface area is 178 Å². The van der Waals surface area contributed by atoms with Crippen LogP contribution in [0.2, 0.25) is 0 Å². The molecule has 4 rings (SSSR count). The summed E-state index contributed by atoms with van der Waals surface area (Å²) in [4.78, 5) is 11.6. The van der Waals surface area contributed by atoms with Crippen LogP contribution in [0.1, 0.15) is 65.2 Å². The lowest BCUT2D eigenvalue weighted by atomic mass is 9.88. The van der Waals surface area contributed by atoms with Crippen molar-refractivity contribution in [2.24, 2.45) is 11.8 Å². The molecule has 2 saturated carbocycles. The van der Waals surface area contributed by atoms with Gasteiger partial charge in [-0.25, -0.2) is 0 Å². The molecule has 0 amide bonds. The van der Waals surface area contributed by atoms with Crippen molar-refractivity contribution in [1.29, 1.82) is 0 Å². The zero-order valence-corrected chi connectivity index (χ0v) is 18.1. The predicted molar refractivity (Wildman–Crippen MR) is 117 cm³/mol. The van der Waals surface area contributed by atoms with Crippen molar-refractivity contribution in [1.82, 2.24) is 0 Å². The maximum atomic E-state index is 12.7. The van der Waals surface area contributed by atoms with Crippen LogP contribution in [-0.2, 0) is 0 Å². The van der Waals surface area contributed by atoms with Crippen molar-refractivity contribution < 1.29 is 20.1 Å². The van der Waals surface area contributed by atoms with E-state index in [2.05, 4.69) is 13.8 Å². The predicted octanol–water partition coefficient (Wildman–Crippen LogP) is 3.35. The van der Waals surface area contributed by atoms with Crippen LogP contribution in [0, 0.1) is 22.3 Å². The first-order chi connectivity index (χ1) is 14.5. The third-order valence-electron chi connectivity index (χ3n) is 6.96. The molecule has 0 spiro atoms. The maximum Gasteiger partial charge on any atom is 0.198 e. The van der Waals surface area contributed by atoms with Gasteiger partial charge in [0.15, 0.2) is 11.5 Å². The molecule has 2 N–H and O–H groups in total. The van der Waals surface area contributed by atoms with Gasteiger partial charge in [0.2, 0.25) is 0 Å². The summed E-state index contributed by atoms with van der Waals surface area (Å²) >= 11 is 0. The summed E-state index contributed by atoms with van der Waals surface area (Å²) in [6.45, 7) is 4.48. The Kier molecular flexibility index (Phi) is 6.78. The quantitative estimate of drug-likeness (QED) is 0.711. The molecule has 0 radical (unpaired) electrons. The minimum absolute atomic E-state index is 0.0221. The molecule has 2 fully saturated rings. The van der Waals surface area contributed by atoms with E-state index in [-0.39, 0.29) is 22.5 Å². The lowest BCUT2D eigenvalue weighted by Crippen LogP contribution is -3.13. The van der Waals surface area contributed by atoms with Crippen LogP contribution in [-0.4, -0.2) is 12.1 Å². The fourth-order valence-electron chi connectivity index (χ4n) is 4.80.